The summed E-state index contributed by atoms with van der Waals surface area (Å²) in [6, 6.07) is 10.6. The molecule has 0 fully saturated rings. The molecule has 0 bridgehead atoms. The fourth-order valence-corrected chi connectivity index (χ4v) is 1.62. The first-order valence-corrected chi connectivity index (χ1v) is 6.09. The van der Waals surface area contributed by atoms with Gasteiger partial charge in [0.1, 0.15) is 5.82 Å². The predicted molar refractivity (Wildman–Crippen MR) is 75.0 cm³/mol. The van der Waals surface area contributed by atoms with Gasteiger partial charge in [0.2, 0.25) is 0 Å². The third kappa shape index (κ3) is 4.56. The van der Waals surface area contributed by atoms with Gasteiger partial charge < -0.3 is 0 Å². The van der Waals surface area contributed by atoms with Crippen LogP contribution in [0.2, 0.25) is 0 Å². The van der Waals surface area contributed by atoms with Gasteiger partial charge in [-0.15, -0.1) is 0 Å². The Balaban J connectivity index is 2.06. The van der Waals surface area contributed by atoms with Gasteiger partial charge in [-0.05, 0) is 42.0 Å². The lowest BCUT2D eigenvalue weighted by molar-refractivity contribution is -0.137. The van der Waals surface area contributed by atoms with E-state index < -0.39 is 11.7 Å². The highest BCUT2D eigenvalue weighted by Gasteiger charge is 2.30. The molecular weight excluding hydrogens is 282 g/mol. The number of halogens is 4. The van der Waals surface area contributed by atoms with Gasteiger partial charge in [0.25, 0.3) is 0 Å². The molecule has 2 aromatic rings. The highest BCUT2D eigenvalue weighted by molar-refractivity contribution is 5.80. The molecule has 0 unspecified atom stereocenters. The van der Waals surface area contributed by atoms with Crippen LogP contribution in [0.1, 0.15) is 11.1 Å². The summed E-state index contributed by atoms with van der Waals surface area (Å²) in [5, 5.41) is 0. The van der Waals surface area contributed by atoms with Gasteiger partial charge in [-0.2, -0.15) is 13.2 Å². The zero-order chi connectivity index (χ0) is 15.3. The van der Waals surface area contributed by atoms with Gasteiger partial charge in [-0.1, -0.05) is 24.3 Å². The van der Waals surface area contributed by atoms with Crippen LogP contribution < -0.4 is 0 Å². The summed E-state index contributed by atoms with van der Waals surface area (Å²) >= 11 is 0. The molecule has 0 heterocycles. The molecule has 0 saturated carbocycles. The maximum absolute atomic E-state index is 12.7. The van der Waals surface area contributed by atoms with E-state index in [1.807, 2.05) is 0 Å². The quantitative estimate of drug-likeness (QED) is 0.540. The maximum atomic E-state index is 12.7. The standard InChI is InChI=1S/C16H11F4N/c17-14-8-6-12(7-9-14)3-2-10-21-15-5-1-4-13(11-15)16(18,19)20/h1-11H/b3-2+,21-10?. The van der Waals surface area contributed by atoms with Crippen molar-refractivity contribution in [2.45, 2.75) is 6.18 Å². The molecule has 21 heavy (non-hydrogen) atoms. The van der Waals surface area contributed by atoms with E-state index in [1.54, 1.807) is 24.3 Å². The van der Waals surface area contributed by atoms with Gasteiger partial charge in [0.15, 0.2) is 0 Å². The molecule has 0 radical (unpaired) electrons. The van der Waals surface area contributed by atoms with E-state index in [9.17, 15) is 17.6 Å². The number of rotatable bonds is 3. The Morgan fingerprint density at radius 1 is 0.952 bits per heavy atom. The minimum atomic E-state index is -4.38. The summed E-state index contributed by atoms with van der Waals surface area (Å²) in [4.78, 5) is 3.93. The van der Waals surface area contributed by atoms with E-state index >= 15 is 0 Å². The lowest BCUT2D eigenvalue weighted by atomic mass is 10.2. The van der Waals surface area contributed by atoms with Crippen LogP contribution in [0, 0.1) is 5.82 Å². The largest absolute Gasteiger partial charge is 0.416 e. The van der Waals surface area contributed by atoms with Crippen molar-refractivity contribution in [2.75, 3.05) is 0 Å². The second kappa shape index (κ2) is 6.35. The first kappa shape index (κ1) is 15.0. The molecule has 0 aliphatic carbocycles. The first-order chi connectivity index (χ1) is 9.95. The second-order valence-corrected chi connectivity index (χ2v) is 4.24. The summed E-state index contributed by atoms with van der Waals surface area (Å²) in [6.07, 6.45) is 0.262. The van der Waals surface area contributed by atoms with E-state index in [2.05, 4.69) is 4.99 Å². The van der Waals surface area contributed by atoms with Gasteiger partial charge in [0, 0.05) is 6.21 Å². The van der Waals surface area contributed by atoms with E-state index in [-0.39, 0.29) is 11.5 Å². The Hall–Kier alpha value is -2.43. The Morgan fingerprint density at radius 3 is 2.33 bits per heavy atom. The SMILES string of the molecule is Fc1ccc(/C=C/C=Nc2cccc(C(F)(F)F)c2)cc1. The van der Waals surface area contributed by atoms with Crippen LogP contribution in [-0.2, 0) is 6.18 Å². The molecular formula is C16H11F4N. The smallest absolute Gasteiger partial charge is 0.257 e. The lowest BCUT2D eigenvalue weighted by Gasteiger charge is -2.06. The molecule has 0 aliphatic rings. The van der Waals surface area contributed by atoms with E-state index in [0.717, 1.165) is 17.7 Å². The number of hydrogen-bond donors (Lipinski definition) is 0. The van der Waals surface area contributed by atoms with Crippen molar-refractivity contribution in [3.05, 3.63) is 71.6 Å². The minimum Gasteiger partial charge on any atom is -0.257 e. The van der Waals surface area contributed by atoms with Gasteiger partial charge >= 0.3 is 6.18 Å². The zero-order valence-corrected chi connectivity index (χ0v) is 10.8. The Labute approximate surface area is 119 Å². The summed E-state index contributed by atoms with van der Waals surface area (Å²) in [6.45, 7) is 0. The van der Waals surface area contributed by atoms with Crippen LogP contribution in [0.5, 0.6) is 0 Å². The summed E-state index contributed by atoms with van der Waals surface area (Å²) in [5.74, 6) is -0.329. The molecule has 0 amide bonds. The highest BCUT2D eigenvalue weighted by atomic mass is 19.4. The summed E-state index contributed by atoms with van der Waals surface area (Å²) < 4.78 is 50.2. The van der Waals surface area contributed by atoms with E-state index in [1.165, 1.54) is 30.5 Å². The number of benzene rings is 2. The Morgan fingerprint density at radius 2 is 1.67 bits per heavy atom. The van der Waals surface area contributed by atoms with Crippen LogP contribution in [0.15, 0.2) is 59.6 Å². The monoisotopic (exact) mass is 293 g/mol. The zero-order valence-electron chi connectivity index (χ0n) is 10.8. The predicted octanol–water partition coefficient (Wildman–Crippen LogP) is 5.26. The molecule has 0 saturated heterocycles. The minimum absolute atomic E-state index is 0.216. The number of aliphatic imine (C=N–C) groups is 1. The van der Waals surface area contributed by atoms with Crippen molar-refractivity contribution in [3.63, 3.8) is 0 Å². The average molecular weight is 293 g/mol. The lowest BCUT2D eigenvalue weighted by Crippen LogP contribution is -2.03. The average Bonchev–Trinajstić information content (AvgIpc) is 2.45. The van der Waals surface area contributed by atoms with Crippen molar-refractivity contribution in [3.8, 4) is 0 Å². The molecule has 0 atom stereocenters. The van der Waals surface area contributed by atoms with E-state index in [4.69, 9.17) is 0 Å². The molecule has 0 N–H and O–H groups in total. The molecule has 1 nitrogen and oxygen atoms in total. The molecule has 0 spiro atoms. The first-order valence-electron chi connectivity index (χ1n) is 6.09. The van der Waals surface area contributed by atoms with Crippen LogP contribution in [-0.4, -0.2) is 6.21 Å². The van der Waals surface area contributed by atoms with Gasteiger partial charge in [-0.25, -0.2) is 4.39 Å². The molecule has 0 aliphatic heterocycles. The molecule has 108 valence electrons. The number of allylic oxidation sites excluding steroid dienone is 1. The van der Waals surface area contributed by atoms with Crippen molar-refractivity contribution in [1.82, 2.24) is 0 Å². The Kier molecular flexibility index (Phi) is 4.52. The van der Waals surface area contributed by atoms with Crippen molar-refractivity contribution < 1.29 is 17.6 Å². The van der Waals surface area contributed by atoms with Crippen LogP contribution in [0.4, 0.5) is 23.2 Å². The Bertz CT molecular complexity index is 655. The third-order valence-electron chi connectivity index (χ3n) is 2.64. The fourth-order valence-electron chi connectivity index (χ4n) is 1.62. The van der Waals surface area contributed by atoms with Crippen LogP contribution in [0.3, 0.4) is 0 Å². The van der Waals surface area contributed by atoms with Crippen LogP contribution >= 0.6 is 0 Å². The van der Waals surface area contributed by atoms with Gasteiger partial charge in [-0.3, -0.25) is 4.99 Å². The van der Waals surface area contributed by atoms with Crippen molar-refractivity contribution in [1.29, 1.82) is 0 Å². The third-order valence-corrected chi connectivity index (χ3v) is 2.64. The van der Waals surface area contributed by atoms with Gasteiger partial charge in [0.05, 0.1) is 11.3 Å². The number of nitrogens with zero attached hydrogens (tertiary/aromatic N) is 1. The number of hydrogen-bond acceptors (Lipinski definition) is 1. The molecule has 0 aromatic heterocycles. The molecule has 2 rings (SSSR count). The fraction of sp³-hybridized carbons (Fsp3) is 0.0625. The van der Waals surface area contributed by atoms with Crippen molar-refractivity contribution >= 4 is 18.0 Å². The maximum Gasteiger partial charge on any atom is 0.416 e. The molecule has 2 aromatic carbocycles. The highest BCUT2D eigenvalue weighted by Crippen LogP contribution is 2.31. The summed E-state index contributed by atoms with van der Waals surface area (Å²) in [5.41, 5.74) is 0.250. The topological polar surface area (TPSA) is 12.4 Å². The van der Waals surface area contributed by atoms with Crippen LogP contribution in [0.25, 0.3) is 6.08 Å². The normalized spacial score (nSPS) is 12.4. The second-order valence-electron chi connectivity index (χ2n) is 4.24. The van der Waals surface area contributed by atoms with Crippen molar-refractivity contribution in [2.24, 2.45) is 4.99 Å². The molecule has 5 heteroatoms. The van der Waals surface area contributed by atoms with E-state index in [0.29, 0.717) is 0 Å². The summed E-state index contributed by atoms with van der Waals surface area (Å²) in [7, 11) is 0. The number of alkyl halides is 3.